The lowest BCUT2D eigenvalue weighted by Gasteiger charge is -2.16. The first-order chi connectivity index (χ1) is 15.4. The fourth-order valence-corrected chi connectivity index (χ4v) is 4.36. The van der Waals surface area contributed by atoms with Gasteiger partial charge in [-0.15, -0.1) is 0 Å². The van der Waals surface area contributed by atoms with Gasteiger partial charge in [0.05, 0.1) is 16.8 Å². The van der Waals surface area contributed by atoms with Crippen molar-refractivity contribution in [3.63, 3.8) is 0 Å². The molecule has 2 aromatic carbocycles. The standard InChI is InChI=1S/C22H15ClN4O5/c23-11-4-3-5-12(10-11)27-21(31)16-17(24-25-18(16)22(27)32)15(28)8-9-26-19(29)13-6-1-2-7-14(13)20(26)30/h1-7,10,16,18,25H,8-9H2/t16-,18+/m1/s1. The second-order valence-corrected chi connectivity index (χ2v) is 7.99. The highest BCUT2D eigenvalue weighted by Crippen LogP contribution is 2.32. The number of carbonyl (C=O) groups excluding carboxylic acids is 5. The van der Waals surface area contributed by atoms with Gasteiger partial charge in [-0.05, 0) is 30.3 Å². The third-order valence-electron chi connectivity index (χ3n) is 5.72. The number of rotatable bonds is 5. The number of nitrogens with one attached hydrogen (secondary N) is 1. The molecule has 3 aliphatic rings. The van der Waals surface area contributed by atoms with Crippen molar-refractivity contribution in [3.8, 4) is 0 Å². The molecule has 9 nitrogen and oxygen atoms in total. The van der Waals surface area contributed by atoms with E-state index in [0.29, 0.717) is 21.8 Å². The van der Waals surface area contributed by atoms with Gasteiger partial charge in [0.25, 0.3) is 17.7 Å². The van der Waals surface area contributed by atoms with E-state index >= 15 is 0 Å². The largest absolute Gasteiger partial charge is 0.296 e. The molecule has 0 saturated carbocycles. The van der Waals surface area contributed by atoms with Crippen LogP contribution in [0.3, 0.4) is 0 Å². The lowest BCUT2D eigenvalue weighted by atomic mass is 9.94. The maximum Gasteiger partial charge on any atom is 0.261 e. The molecule has 0 aromatic heterocycles. The predicted octanol–water partition coefficient (Wildman–Crippen LogP) is 1.41. The molecule has 2 atom stereocenters. The Bertz CT molecular complexity index is 1220. The van der Waals surface area contributed by atoms with Crippen LogP contribution in [0.25, 0.3) is 0 Å². The van der Waals surface area contributed by atoms with Gasteiger partial charge in [-0.1, -0.05) is 29.8 Å². The quantitative estimate of drug-likeness (QED) is 0.688. The number of amides is 4. The fraction of sp³-hybridized carbons (Fsp3) is 0.182. The average Bonchev–Trinajstić information content (AvgIpc) is 3.40. The molecule has 1 N–H and O–H groups in total. The van der Waals surface area contributed by atoms with Gasteiger partial charge in [-0.25, -0.2) is 4.90 Å². The molecule has 0 unspecified atom stereocenters. The van der Waals surface area contributed by atoms with Crippen LogP contribution in [0.5, 0.6) is 0 Å². The van der Waals surface area contributed by atoms with Crippen molar-refractivity contribution in [2.24, 2.45) is 11.0 Å². The maximum atomic E-state index is 13.0. The Labute approximate surface area is 186 Å². The maximum absolute atomic E-state index is 13.0. The minimum Gasteiger partial charge on any atom is -0.296 e. The van der Waals surface area contributed by atoms with Crippen LogP contribution in [0.15, 0.2) is 53.6 Å². The number of ketones is 1. The smallest absolute Gasteiger partial charge is 0.261 e. The van der Waals surface area contributed by atoms with Crippen LogP contribution in [-0.4, -0.2) is 52.6 Å². The second kappa shape index (κ2) is 7.38. The Morgan fingerprint density at radius 1 is 0.969 bits per heavy atom. The Kier molecular flexibility index (Phi) is 4.63. The highest BCUT2D eigenvalue weighted by Gasteiger charge is 2.55. The van der Waals surface area contributed by atoms with Gasteiger partial charge in [0.1, 0.15) is 17.7 Å². The van der Waals surface area contributed by atoms with E-state index in [1.165, 1.54) is 6.07 Å². The summed E-state index contributed by atoms with van der Waals surface area (Å²) >= 11 is 5.98. The summed E-state index contributed by atoms with van der Waals surface area (Å²) in [5.74, 6) is -3.65. The topological polar surface area (TPSA) is 116 Å². The van der Waals surface area contributed by atoms with Crippen LogP contribution in [0.1, 0.15) is 27.1 Å². The van der Waals surface area contributed by atoms with Crippen LogP contribution in [0, 0.1) is 5.92 Å². The van der Waals surface area contributed by atoms with Crippen LogP contribution in [0.2, 0.25) is 5.02 Å². The Hall–Kier alpha value is -3.85. The molecule has 2 aromatic rings. The lowest BCUT2D eigenvalue weighted by Crippen LogP contribution is -2.36. The summed E-state index contributed by atoms with van der Waals surface area (Å²) < 4.78 is 0. The van der Waals surface area contributed by atoms with Crippen LogP contribution < -0.4 is 10.3 Å². The van der Waals surface area contributed by atoms with E-state index in [9.17, 15) is 24.0 Å². The molecule has 1 saturated heterocycles. The lowest BCUT2D eigenvalue weighted by molar-refractivity contribution is -0.122. The minimum atomic E-state index is -1.07. The number of anilines is 1. The van der Waals surface area contributed by atoms with Crippen LogP contribution in [0.4, 0.5) is 5.69 Å². The number of hydrazone groups is 1. The molecule has 4 amide bonds. The number of halogens is 1. The number of carbonyl (C=O) groups is 5. The Morgan fingerprint density at radius 2 is 1.66 bits per heavy atom. The van der Waals surface area contributed by atoms with Crippen molar-refractivity contribution in [2.75, 3.05) is 11.4 Å². The van der Waals surface area contributed by atoms with Gasteiger partial charge in [0.15, 0.2) is 5.78 Å². The first kappa shape index (κ1) is 20.1. The Morgan fingerprint density at radius 3 is 2.31 bits per heavy atom. The number of hydrogen-bond donors (Lipinski definition) is 1. The molecule has 10 heteroatoms. The average molecular weight is 451 g/mol. The van der Waals surface area contributed by atoms with E-state index in [0.717, 1.165) is 9.80 Å². The third kappa shape index (κ3) is 2.93. The summed E-state index contributed by atoms with van der Waals surface area (Å²) in [4.78, 5) is 65.6. The van der Waals surface area contributed by atoms with Gasteiger partial charge >= 0.3 is 0 Å². The highest BCUT2D eigenvalue weighted by atomic mass is 35.5. The van der Waals surface area contributed by atoms with Gasteiger partial charge in [0, 0.05) is 18.0 Å². The molecule has 160 valence electrons. The van der Waals surface area contributed by atoms with Gasteiger partial charge in [0.2, 0.25) is 5.91 Å². The normalized spacial score (nSPS) is 21.6. The van der Waals surface area contributed by atoms with Gasteiger partial charge in [-0.3, -0.25) is 34.3 Å². The molecule has 0 bridgehead atoms. The predicted molar refractivity (Wildman–Crippen MR) is 113 cm³/mol. The summed E-state index contributed by atoms with van der Waals surface area (Å²) in [5.41, 5.74) is 3.38. The van der Waals surface area contributed by atoms with E-state index in [-0.39, 0.29) is 18.7 Å². The van der Waals surface area contributed by atoms with E-state index in [4.69, 9.17) is 11.6 Å². The molecule has 0 spiro atoms. The molecular formula is C22H15ClN4O5. The molecule has 3 aliphatic heterocycles. The van der Waals surface area contributed by atoms with E-state index < -0.39 is 41.4 Å². The third-order valence-corrected chi connectivity index (χ3v) is 5.95. The first-order valence-electron chi connectivity index (χ1n) is 9.83. The summed E-state index contributed by atoms with van der Waals surface area (Å²) in [5, 5.41) is 4.28. The Balaban J connectivity index is 1.31. The number of benzene rings is 2. The zero-order valence-corrected chi connectivity index (χ0v) is 17.2. The molecule has 5 rings (SSSR count). The molecule has 1 fully saturated rings. The summed E-state index contributed by atoms with van der Waals surface area (Å²) in [6.07, 6.45) is -0.214. The molecule has 0 radical (unpaired) electrons. The van der Waals surface area contributed by atoms with Crippen molar-refractivity contribution < 1.29 is 24.0 Å². The molecule has 32 heavy (non-hydrogen) atoms. The van der Waals surface area contributed by atoms with Gasteiger partial charge in [-0.2, -0.15) is 5.10 Å². The van der Waals surface area contributed by atoms with Gasteiger partial charge < -0.3 is 0 Å². The number of hydrogen-bond acceptors (Lipinski definition) is 7. The summed E-state index contributed by atoms with van der Waals surface area (Å²) in [6, 6.07) is 11.7. The molecule has 0 aliphatic carbocycles. The summed E-state index contributed by atoms with van der Waals surface area (Å²) in [7, 11) is 0. The minimum absolute atomic E-state index is 0.0884. The zero-order valence-electron chi connectivity index (χ0n) is 16.4. The molecule has 3 heterocycles. The van der Waals surface area contributed by atoms with Crippen molar-refractivity contribution in [1.29, 1.82) is 0 Å². The van der Waals surface area contributed by atoms with Crippen molar-refractivity contribution in [1.82, 2.24) is 10.3 Å². The number of nitrogens with zero attached hydrogens (tertiary/aromatic N) is 3. The van der Waals surface area contributed by atoms with Crippen molar-refractivity contribution in [2.45, 2.75) is 12.5 Å². The first-order valence-corrected chi connectivity index (χ1v) is 10.2. The van der Waals surface area contributed by atoms with Crippen molar-refractivity contribution in [3.05, 3.63) is 64.7 Å². The zero-order chi connectivity index (χ0) is 22.6. The van der Waals surface area contributed by atoms with Crippen molar-refractivity contribution >= 4 is 52.4 Å². The fourth-order valence-electron chi connectivity index (χ4n) is 4.17. The number of imide groups is 2. The highest BCUT2D eigenvalue weighted by molar-refractivity contribution is 6.48. The second-order valence-electron chi connectivity index (χ2n) is 7.55. The monoisotopic (exact) mass is 450 g/mol. The number of Topliss-reactive ketones (excluding diaryl/α,β-unsaturated/α-hetero) is 1. The van der Waals surface area contributed by atoms with E-state index in [1.807, 2.05) is 0 Å². The van der Waals surface area contributed by atoms with Crippen LogP contribution >= 0.6 is 11.6 Å². The van der Waals surface area contributed by atoms with E-state index in [1.54, 1.807) is 42.5 Å². The number of fused-ring (bicyclic) bond motifs is 2. The van der Waals surface area contributed by atoms with E-state index in [2.05, 4.69) is 10.5 Å². The summed E-state index contributed by atoms with van der Waals surface area (Å²) in [6.45, 7) is -0.151. The molecular weight excluding hydrogens is 436 g/mol. The SMILES string of the molecule is O=C(CCN1C(=O)c2ccccc2C1=O)C1=NN[C@@H]2C(=O)N(c3cccc(Cl)c3)C(=O)[C@H]12. The van der Waals surface area contributed by atoms with Crippen LogP contribution in [-0.2, 0) is 14.4 Å².